The lowest BCUT2D eigenvalue weighted by Gasteiger charge is -2.10. The van der Waals surface area contributed by atoms with Crippen LogP contribution in [0.5, 0.6) is 11.5 Å². The Bertz CT molecular complexity index is 1050. The molecular formula is C21H20NO5-. The largest absolute Gasteiger partial charge is 0.550 e. The van der Waals surface area contributed by atoms with E-state index in [0.717, 1.165) is 16.5 Å². The molecule has 6 heteroatoms. The standard InChI is InChI=1S/C21H21NO5/c1-13-4-6-17-15(10-13)16(22-9-8-21(23)24)12-19(27-17)14-5-7-18(25-2)20(11-14)26-3/h4-7,10-12H,8-9H2,1-3H3,(H,23,24)/p-1. The highest BCUT2D eigenvalue weighted by Crippen LogP contribution is 2.32. The zero-order valence-electron chi connectivity index (χ0n) is 15.4. The summed E-state index contributed by atoms with van der Waals surface area (Å²) in [5, 5.41) is 12.2. The molecule has 0 unspecified atom stereocenters. The lowest BCUT2D eigenvalue weighted by Crippen LogP contribution is -2.23. The molecule has 0 saturated carbocycles. The number of nitrogens with zero attached hydrogens (tertiary/aromatic N) is 1. The van der Waals surface area contributed by atoms with Gasteiger partial charge in [-0.2, -0.15) is 0 Å². The van der Waals surface area contributed by atoms with Crippen molar-refractivity contribution in [1.82, 2.24) is 0 Å². The van der Waals surface area contributed by atoms with Gasteiger partial charge in [-0.05, 0) is 37.3 Å². The van der Waals surface area contributed by atoms with Crippen LogP contribution >= 0.6 is 0 Å². The first-order valence-corrected chi connectivity index (χ1v) is 8.49. The third kappa shape index (κ3) is 4.11. The van der Waals surface area contributed by atoms with Gasteiger partial charge in [0.1, 0.15) is 11.3 Å². The van der Waals surface area contributed by atoms with Gasteiger partial charge in [0.15, 0.2) is 11.5 Å². The van der Waals surface area contributed by atoms with Gasteiger partial charge in [0.2, 0.25) is 0 Å². The molecule has 1 heterocycles. The maximum absolute atomic E-state index is 10.7. The van der Waals surface area contributed by atoms with Crippen molar-refractivity contribution in [2.75, 3.05) is 20.8 Å². The number of aryl methyl sites for hydroxylation is 1. The van der Waals surface area contributed by atoms with Crippen LogP contribution in [0.4, 0.5) is 0 Å². The molecule has 0 amide bonds. The Morgan fingerprint density at radius 2 is 1.85 bits per heavy atom. The molecule has 0 atom stereocenters. The second-order valence-electron chi connectivity index (χ2n) is 6.07. The first kappa shape index (κ1) is 18.5. The number of aliphatic carboxylic acids is 1. The molecular weight excluding hydrogens is 346 g/mol. The Morgan fingerprint density at radius 1 is 1.07 bits per heavy atom. The smallest absolute Gasteiger partial charge is 0.161 e. The number of rotatable bonds is 6. The molecule has 0 radical (unpaired) electrons. The van der Waals surface area contributed by atoms with Crippen LogP contribution in [0.3, 0.4) is 0 Å². The van der Waals surface area contributed by atoms with E-state index in [1.807, 2.05) is 37.3 Å². The number of carbonyl (C=O) groups is 1. The van der Waals surface area contributed by atoms with Crippen molar-refractivity contribution in [2.45, 2.75) is 13.3 Å². The van der Waals surface area contributed by atoms with Crippen molar-refractivity contribution in [3.8, 4) is 22.8 Å². The van der Waals surface area contributed by atoms with Crippen LogP contribution in [0.15, 0.2) is 51.9 Å². The molecule has 3 aromatic rings. The Labute approximate surface area is 156 Å². The van der Waals surface area contributed by atoms with Crippen molar-refractivity contribution < 1.29 is 23.8 Å². The van der Waals surface area contributed by atoms with E-state index in [0.29, 0.717) is 28.2 Å². The van der Waals surface area contributed by atoms with Crippen molar-refractivity contribution in [1.29, 1.82) is 0 Å². The summed E-state index contributed by atoms with van der Waals surface area (Å²) >= 11 is 0. The Kier molecular flexibility index (Phi) is 5.45. The fourth-order valence-electron chi connectivity index (χ4n) is 2.81. The van der Waals surface area contributed by atoms with Gasteiger partial charge in [-0.3, -0.25) is 4.99 Å². The number of carbonyl (C=O) groups excluding carboxylic acids is 1. The maximum Gasteiger partial charge on any atom is 0.161 e. The van der Waals surface area contributed by atoms with Crippen molar-refractivity contribution in [3.05, 3.63) is 53.4 Å². The second-order valence-corrected chi connectivity index (χ2v) is 6.07. The van der Waals surface area contributed by atoms with E-state index in [9.17, 15) is 9.90 Å². The summed E-state index contributed by atoms with van der Waals surface area (Å²) in [6.45, 7) is 2.12. The van der Waals surface area contributed by atoms with Gasteiger partial charge in [0, 0.05) is 36.0 Å². The molecule has 0 fully saturated rings. The van der Waals surface area contributed by atoms with Gasteiger partial charge in [-0.15, -0.1) is 0 Å². The monoisotopic (exact) mass is 366 g/mol. The molecule has 0 bridgehead atoms. The van der Waals surface area contributed by atoms with Crippen LogP contribution in [0, 0.1) is 6.92 Å². The molecule has 1 aromatic heterocycles. The number of hydrogen-bond acceptors (Lipinski definition) is 6. The average molecular weight is 366 g/mol. The quantitative estimate of drug-likeness (QED) is 0.669. The van der Waals surface area contributed by atoms with Crippen LogP contribution in [0.25, 0.3) is 22.3 Å². The molecule has 0 aliphatic rings. The van der Waals surface area contributed by atoms with Crippen LogP contribution in [-0.4, -0.2) is 26.7 Å². The van der Waals surface area contributed by atoms with E-state index in [1.54, 1.807) is 26.4 Å². The molecule has 0 aliphatic carbocycles. The van der Waals surface area contributed by atoms with Gasteiger partial charge >= 0.3 is 0 Å². The summed E-state index contributed by atoms with van der Waals surface area (Å²) in [5.41, 5.74) is 2.53. The summed E-state index contributed by atoms with van der Waals surface area (Å²) in [5.74, 6) is 0.681. The van der Waals surface area contributed by atoms with E-state index in [1.165, 1.54) is 0 Å². The minimum absolute atomic E-state index is 0.134. The summed E-state index contributed by atoms with van der Waals surface area (Å²) in [4.78, 5) is 15.2. The Hall–Kier alpha value is -3.28. The van der Waals surface area contributed by atoms with Crippen molar-refractivity contribution >= 4 is 16.9 Å². The molecule has 3 rings (SSSR count). The van der Waals surface area contributed by atoms with E-state index in [4.69, 9.17) is 13.9 Å². The normalized spacial score (nSPS) is 11.6. The summed E-state index contributed by atoms with van der Waals surface area (Å²) in [7, 11) is 3.15. The topological polar surface area (TPSA) is 84.1 Å². The number of methoxy groups -OCH3 is 2. The van der Waals surface area contributed by atoms with E-state index >= 15 is 0 Å². The molecule has 6 nitrogen and oxygen atoms in total. The Balaban J connectivity index is 2.17. The average Bonchev–Trinajstić information content (AvgIpc) is 2.67. The number of fused-ring (bicyclic) bond motifs is 1. The highest BCUT2D eigenvalue weighted by molar-refractivity contribution is 5.79. The number of carboxylic acid groups (broad SMARTS) is 1. The van der Waals surface area contributed by atoms with Gasteiger partial charge in [0.05, 0.1) is 19.6 Å². The first-order chi connectivity index (χ1) is 13.0. The highest BCUT2D eigenvalue weighted by Gasteiger charge is 2.10. The molecule has 0 spiro atoms. The fourth-order valence-corrected chi connectivity index (χ4v) is 2.81. The zero-order chi connectivity index (χ0) is 19.4. The van der Waals surface area contributed by atoms with Crippen molar-refractivity contribution in [3.63, 3.8) is 0 Å². The molecule has 0 aliphatic heterocycles. The van der Waals surface area contributed by atoms with Crippen LogP contribution < -0.4 is 19.9 Å². The Morgan fingerprint density at radius 3 is 2.56 bits per heavy atom. The number of ether oxygens (including phenoxy) is 2. The highest BCUT2D eigenvalue weighted by atomic mass is 16.5. The second kappa shape index (κ2) is 7.95. The zero-order valence-corrected chi connectivity index (χ0v) is 15.4. The van der Waals surface area contributed by atoms with Gasteiger partial charge in [0.25, 0.3) is 0 Å². The predicted octanol–water partition coefficient (Wildman–Crippen LogP) is 2.47. The fraction of sp³-hybridized carbons (Fsp3) is 0.238. The number of hydrogen-bond donors (Lipinski definition) is 0. The van der Waals surface area contributed by atoms with Gasteiger partial charge in [-0.25, -0.2) is 0 Å². The maximum atomic E-state index is 10.7. The minimum Gasteiger partial charge on any atom is -0.550 e. The first-order valence-electron chi connectivity index (χ1n) is 8.49. The predicted molar refractivity (Wildman–Crippen MR) is 99.5 cm³/mol. The van der Waals surface area contributed by atoms with Crippen molar-refractivity contribution in [2.24, 2.45) is 4.99 Å². The number of benzene rings is 2. The van der Waals surface area contributed by atoms with Gasteiger partial charge < -0.3 is 23.8 Å². The summed E-state index contributed by atoms with van der Waals surface area (Å²) in [6.07, 6.45) is -0.134. The third-order valence-electron chi connectivity index (χ3n) is 4.16. The third-order valence-corrected chi connectivity index (χ3v) is 4.16. The van der Waals surface area contributed by atoms with E-state index < -0.39 is 5.97 Å². The lowest BCUT2D eigenvalue weighted by atomic mass is 10.1. The molecule has 27 heavy (non-hydrogen) atoms. The van der Waals surface area contributed by atoms with Crippen LogP contribution in [-0.2, 0) is 4.79 Å². The summed E-state index contributed by atoms with van der Waals surface area (Å²) < 4.78 is 16.7. The molecule has 0 N–H and O–H groups in total. The molecule has 140 valence electrons. The number of carboxylic acids is 1. The SMILES string of the molecule is COc1ccc(-c2cc(=NCCC(=O)[O-])c3cc(C)ccc3o2)cc1OC. The molecule has 2 aromatic carbocycles. The van der Waals surface area contributed by atoms with Gasteiger partial charge in [-0.1, -0.05) is 11.6 Å². The molecule has 0 saturated heterocycles. The lowest BCUT2D eigenvalue weighted by molar-refractivity contribution is -0.305. The summed E-state index contributed by atoms with van der Waals surface area (Å²) in [6, 6.07) is 13.1. The van der Waals surface area contributed by atoms with E-state index in [-0.39, 0.29) is 13.0 Å². The van der Waals surface area contributed by atoms with E-state index in [2.05, 4.69) is 4.99 Å². The van der Waals surface area contributed by atoms with Crippen LogP contribution in [0.2, 0.25) is 0 Å². The van der Waals surface area contributed by atoms with Crippen LogP contribution in [0.1, 0.15) is 12.0 Å². The minimum atomic E-state index is -1.13.